The Bertz CT molecular complexity index is 285. The maximum Gasteiger partial charge on any atom is 0.0155 e. The van der Waals surface area contributed by atoms with E-state index >= 15 is 0 Å². The van der Waals surface area contributed by atoms with Crippen molar-refractivity contribution in [2.75, 3.05) is 0 Å². The second-order valence-electron chi connectivity index (χ2n) is 5.10. The molecule has 0 aliphatic heterocycles. The quantitative estimate of drug-likeness (QED) is 0.822. The van der Waals surface area contributed by atoms with Crippen molar-refractivity contribution in [3.63, 3.8) is 0 Å². The molecule has 1 aliphatic rings. The summed E-state index contributed by atoms with van der Waals surface area (Å²) in [6, 6.07) is 4.98. The predicted octanol–water partition coefficient (Wildman–Crippen LogP) is 3.60. The van der Waals surface area contributed by atoms with Crippen LogP contribution in [0.2, 0.25) is 0 Å². The van der Waals surface area contributed by atoms with Crippen LogP contribution in [0.1, 0.15) is 44.4 Å². The van der Waals surface area contributed by atoms with Gasteiger partial charge in [-0.15, -0.1) is 11.3 Å². The molecule has 1 nitrogen and oxygen atoms in total. The fourth-order valence-corrected chi connectivity index (χ4v) is 3.51. The first-order chi connectivity index (χ1) is 7.18. The number of thiophene rings is 1. The van der Waals surface area contributed by atoms with Crippen molar-refractivity contribution in [3.8, 4) is 0 Å². The molecule has 2 heteroatoms. The van der Waals surface area contributed by atoms with E-state index < -0.39 is 0 Å². The predicted molar refractivity (Wildman–Crippen MR) is 67.5 cm³/mol. The lowest BCUT2D eigenvalue weighted by molar-refractivity contribution is 0.323. The zero-order valence-electron chi connectivity index (χ0n) is 9.75. The van der Waals surface area contributed by atoms with Crippen molar-refractivity contribution >= 4 is 11.3 Å². The molecule has 1 fully saturated rings. The Morgan fingerprint density at radius 3 is 2.80 bits per heavy atom. The van der Waals surface area contributed by atoms with Crippen LogP contribution in [0.3, 0.4) is 0 Å². The minimum absolute atomic E-state index is 0.413. The SMILES string of the molecule is CC(Cc1cccs1)NC1(C)CCCC1. The van der Waals surface area contributed by atoms with Gasteiger partial charge in [-0.25, -0.2) is 0 Å². The Balaban J connectivity index is 1.84. The van der Waals surface area contributed by atoms with E-state index in [1.807, 2.05) is 11.3 Å². The third-order valence-corrected chi connectivity index (χ3v) is 4.29. The molecule has 15 heavy (non-hydrogen) atoms. The summed E-state index contributed by atoms with van der Waals surface area (Å²) in [4.78, 5) is 1.50. The van der Waals surface area contributed by atoms with Gasteiger partial charge in [-0.1, -0.05) is 18.9 Å². The second-order valence-corrected chi connectivity index (χ2v) is 6.13. The van der Waals surface area contributed by atoms with Crippen molar-refractivity contribution in [1.29, 1.82) is 0 Å². The number of nitrogens with one attached hydrogen (secondary N) is 1. The van der Waals surface area contributed by atoms with E-state index in [4.69, 9.17) is 0 Å². The van der Waals surface area contributed by atoms with E-state index in [0.717, 1.165) is 0 Å². The normalized spacial score (nSPS) is 21.7. The lowest BCUT2D eigenvalue weighted by Gasteiger charge is -2.29. The molecule has 84 valence electrons. The van der Waals surface area contributed by atoms with Crippen LogP contribution in [0.15, 0.2) is 17.5 Å². The highest BCUT2D eigenvalue weighted by Crippen LogP contribution is 2.29. The summed E-state index contributed by atoms with van der Waals surface area (Å²) in [7, 11) is 0. The monoisotopic (exact) mass is 223 g/mol. The molecule has 1 aliphatic carbocycles. The van der Waals surface area contributed by atoms with E-state index in [1.54, 1.807) is 0 Å². The van der Waals surface area contributed by atoms with Crippen molar-refractivity contribution in [2.24, 2.45) is 0 Å². The summed E-state index contributed by atoms with van der Waals surface area (Å²) in [6.07, 6.45) is 6.67. The lowest BCUT2D eigenvalue weighted by Crippen LogP contribution is -2.45. The third kappa shape index (κ3) is 3.05. The van der Waals surface area contributed by atoms with Crippen molar-refractivity contribution in [3.05, 3.63) is 22.4 Å². The van der Waals surface area contributed by atoms with Crippen LogP contribution in [0, 0.1) is 0 Å². The van der Waals surface area contributed by atoms with Crippen LogP contribution in [0.5, 0.6) is 0 Å². The highest BCUT2D eigenvalue weighted by molar-refractivity contribution is 7.09. The van der Waals surface area contributed by atoms with E-state index in [-0.39, 0.29) is 0 Å². The summed E-state index contributed by atoms with van der Waals surface area (Å²) in [6.45, 7) is 4.69. The fraction of sp³-hybridized carbons (Fsp3) is 0.692. The van der Waals surface area contributed by atoms with Gasteiger partial charge in [0.25, 0.3) is 0 Å². The van der Waals surface area contributed by atoms with Crippen LogP contribution in [0.25, 0.3) is 0 Å². The van der Waals surface area contributed by atoms with Gasteiger partial charge < -0.3 is 5.32 Å². The number of hydrogen-bond acceptors (Lipinski definition) is 2. The summed E-state index contributed by atoms with van der Waals surface area (Å²) < 4.78 is 0. The van der Waals surface area contributed by atoms with E-state index in [9.17, 15) is 0 Å². The fourth-order valence-electron chi connectivity index (χ4n) is 2.68. The second kappa shape index (κ2) is 4.67. The summed E-state index contributed by atoms with van der Waals surface area (Å²) in [5.74, 6) is 0. The van der Waals surface area contributed by atoms with E-state index in [2.05, 4.69) is 36.7 Å². The smallest absolute Gasteiger partial charge is 0.0155 e. The molecule has 0 bridgehead atoms. The van der Waals surface area contributed by atoms with Gasteiger partial charge in [0.15, 0.2) is 0 Å². The molecule has 1 unspecified atom stereocenters. The van der Waals surface area contributed by atoms with Gasteiger partial charge in [-0.3, -0.25) is 0 Å². The third-order valence-electron chi connectivity index (χ3n) is 3.39. The van der Waals surface area contributed by atoms with Gasteiger partial charge in [0, 0.05) is 16.5 Å². The molecule has 1 heterocycles. The summed E-state index contributed by atoms with van der Waals surface area (Å²) in [5, 5.41) is 5.97. The molecule has 1 atom stereocenters. The molecular formula is C13H21NS. The molecule has 0 spiro atoms. The maximum absolute atomic E-state index is 3.80. The van der Waals surface area contributed by atoms with Gasteiger partial charge in [-0.05, 0) is 44.6 Å². The Morgan fingerprint density at radius 1 is 1.47 bits per heavy atom. The van der Waals surface area contributed by atoms with Crippen LogP contribution >= 0.6 is 11.3 Å². The van der Waals surface area contributed by atoms with Crippen LogP contribution in [0.4, 0.5) is 0 Å². The van der Waals surface area contributed by atoms with Gasteiger partial charge in [0.2, 0.25) is 0 Å². The Labute approximate surface area is 96.9 Å². The summed E-state index contributed by atoms with van der Waals surface area (Å²) in [5.41, 5.74) is 0.413. The molecule has 0 aromatic carbocycles. The average molecular weight is 223 g/mol. The van der Waals surface area contributed by atoms with E-state index in [0.29, 0.717) is 11.6 Å². The van der Waals surface area contributed by atoms with Crippen molar-refractivity contribution in [1.82, 2.24) is 5.32 Å². The Hall–Kier alpha value is -0.340. The van der Waals surface area contributed by atoms with Crippen molar-refractivity contribution in [2.45, 2.75) is 57.5 Å². The molecule has 1 N–H and O–H groups in total. The highest BCUT2D eigenvalue weighted by atomic mass is 32.1. The first-order valence-corrected chi connectivity index (χ1v) is 6.86. The molecule has 1 aromatic rings. The molecule has 0 radical (unpaired) electrons. The van der Waals surface area contributed by atoms with Gasteiger partial charge in [-0.2, -0.15) is 0 Å². The van der Waals surface area contributed by atoms with Gasteiger partial charge in [0.1, 0.15) is 0 Å². The molecule has 1 saturated carbocycles. The zero-order chi connectivity index (χ0) is 10.7. The van der Waals surface area contributed by atoms with Gasteiger partial charge >= 0.3 is 0 Å². The lowest BCUT2D eigenvalue weighted by atomic mass is 9.98. The Morgan fingerprint density at radius 2 is 2.20 bits per heavy atom. The van der Waals surface area contributed by atoms with Crippen molar-refractivity contribution < 1.29 is 0 Å². The minimum Gasteiger partial charge on any atom is -0.309 e. The maximum atomic E-state index is 3.80. The number of hydrogen-bond donors (Lipinski definition) is 1. The van der Waals surface area contributed by atoms with Crippen LogP contribution < -0.4 is 5.32 Å². The molecule has 2 rings (SSSR count). The Kier molecular flexibility index (Phi) is 3.47. The number of rotatable bonds is 4. The molecule has 1 aromatic heterocycles. The first kappa shape index (κ1) is 11.2. The molecule has 0 amide bonds. The van der Waals surface area contributed by atoms with Crippen LogP contribution in [-0.2, 0) is 6.42 Å². The molecular weight excluding hydrogens is 202 g/mol. The molecule has 0 saturated heterocycles. The topological polar surface area (TPSA) is 12.0 Å². The average Bonchev–Trinajstić information content (AvgIpc) is 2.76. The zero-order valence-corrected chi connectivity index (χ0v) is 10.6. The van der Waals surface area contributed by atoms with E-state index in [1.165, 1.54) is 37.0 Å². The summed E-state index contributed by atoms with van der Waals surface area (Å²) >= 11 is 1.87. The minimum atomic E-state index is 0.413. The highest BCUT2D eigenvalue weighted by Gasteiger charge is 2.29. The standard InChI is InChI=1S/C13H21NS/c1-11(10-12-6-5-9-15-12)14-13(2)7-3-4-8-13/h5-6,9,11,14H,3-4,7-8,10H2,1-2H3. The first-order valence-electron chi connectivity index (χ1n) is 5.98. The van der Waals surface area contributed by atoms with Crippen LogP contribution in [-0.4, -0.2) is 11.6 Å². The van der Waals surface area contributed by atoms with Gasteiger partial charge in [0.05, 0.1) is 0 Å². The largest absolute Gasteiger partial charge is 0.309 e.